The van der Waals surface area contributed by atoms with Gasteiger partial charge in [0.1, 0.15) is 0 Å². The Morgan fingerprint density at radius 2 is 1.72 bits per heavy atom. The van der Waals surface area contributed by atoms with Gasteiger partial charge in [0, 0.05) is 38.1 Å². The number of sulfonamides is 1. The van der Waals surface area contributed by atoms with Crippen LogP contribution < -0.4 is 0 Å². The van der Waals surface area contributed by atoms with Gasteiger partial charge in [0.2, 0.25) is 10.0 Å². The van der Waals surface area contributed by atoms with Crippen LogP contribution in [0, 0.1) is 6.92 Å². The molecule has 0 spiro atoms. The summed E-state index contributed by atoms with van der Waals surface area (Å²) in [5.41, 5.74) is 2.16. The number of carbonyl (C=O) groups is 1. The van der Waals surface area contributed by atoms with Crippen LogP contribution in [0.2, 0.25) is 0 Å². The van der Waals surface area contributed by atoms with E-state index in [-0.39, 0.29) is 11.7 Å². The summed E-state index contributed by atoms with van der Waals surface area (Å²) in [6.07, 6.45) is 1.57. The lowest BCUT2D eigenvalue weighted by molar-refractivity contribution is 0.0697. The predicted octanol–water partition coefficient (Wildman–Crippen LogP) is 1.68. The highest BCUT2D eigenvalue weighted by atomic mass is 32.2. The molecule has 1 saturated heterocycles. The van der Waals surface area contributed by atoms with Crippen LogP contribution in [0.1, 0.15) is 21.6 Å². The highest BCUT2D eigenvalue weighted by molar-refractivity contribution is 7.88. The van der Waals surface area contributed by atoms with Gasteiger partial charge in [-0.2, -0.15) is 4.31 Å². The van der Waals surface area contributed by atoms with Crippen molar-refractivity contribution in [1.82, 2.24) is 14.2 Å². The maximum Gasteiger partial charge on any atom is 0.255 e. The molecule has 1 aliphatic rings. The molecular weight excluding hydrogens is 338 g/mol. The number of hydrogen-bond acceptors (Lipinski definition) is 4. The normalized spacial score (nSPS) is 16.0. The molecule has 1 amide bonds. The molecule has 25 heavy (non-hydrogen) atoms. The zero-order valence-electron chi connectivity index (χ0n) is 14.1. The molecular formula is C18H21N3O3S. The van der Waals surface area contributed by atoms with Crippen molar-refractivity contribution >= 4 is 15.9 Å². The van der Waals surface area contributed by atoms with Gasteiger partial charge >= 0.3 is 0 Å². The summed E-state index contributed by atoms with van der Waals surface area (Å²) < 4.78 is 26.6. The number of aryl methyl sites for hydroxylation is 1. The van der Waals surface area contributed by atoms with Gasteiger partial charge < -0.3 is 4.90 Å². The quantitative estimate of drug-likeness (QED) is 0.833. The fourth-order valence-electron chi connectivity index (χ4n) is 2.82. The van der Waals surface area contributed by atoms with E-state index in [1.165, 1.54) is 4.31 Å². The zero-order chi connectivity index (χ0) is 17.9. The molecule has 0 saturated carbocycles. The lowest BCUT2D eigenvalue weighted by atomic mass is 10.2. The number of hydrogen-bond donors (Lipinski definition) is 0. The number of amides is 1. The van der Waals surface area contributed by atoms with E-state index in [9.17, 15) is 13.2 Å². The third-order valence-electron chi connectivity index (χ3n) is 4.27. The summed E-state index contributed by atoms with van der Waals surface area (Å²) in [6.45, 7) is 3.28. The topological polar surface area (TPSA) is 70.6 Å². The van der Waals surface area contributed by atoms with Gasteiger partial charge in [-0.1, -0.05) is 30.3 Å². The van der Waals surface area contributed by atoms with Gasteiger partial charge in [0.05, 0.1) is 11.3 Å². The Morgan fingerprint density at radius 3 is 2.32 bits per heavy atom. The molecule has 2 aromatic rings. The lowest BCUT2D eigenvalue weighted by Gasteiger charge is -2.34. The molecule has 0 bridgehead atoms. The average molecular weight is 359 g/mol. The van der Waals surface area contributed by atoms with E-state index in [0.29, 0.717) is 31.7 Å². The monoisotopic (exact) mass is 359 g/mol. The minimum Gasteiger partial charge on any atom is -0.336 e. The van der Waals surface area contributed by atoms with Gasteiger partial charge in [0.25, 0.3) is 5.91 Å². The van der Waals surface area contributed by atoms with Gasteiger partial charge in [0.15, 0.2) is 0 Å². The first-order valence-electron chi connectivity index (χ1n) is 8.19. The van der Waals surface area contributed by atoms with Crippen LogP contribution in [0.3, 0.4) is 0 Å². The summed E-state index contributed by atoms with van der Waals surface area (Å²) in [5.74, 6) is -0.114. The summed E-state index contributed by atoms with van der Waals surface area (Å²) in [7, 11) is -3.37. The SMILES string of the molecule is Cc1ccc(C(=O)N2CCN(S(=O)(=O)Cc3ccccc3)CC2)cn1. The van der Waals surface area contributed by atoms with Crippen LogP contribution in [0.15, 0.2) is 48.7 Å². The van der Waals surface area contributed by atoms with Crippen molar-refractivity contribution in [3.63, 3.8) is 0 Å². The fraction of sp³-hybridized carbons (Fsp3) is 0.333. The second kappa shape index (κ2) is 7.33. The van der Waals surface area contributed by atoms with Crippen LogP contribution in [0.5, 0.6) is 0 Å². The van der Waals surface area contributed by atoms with Gasteiger partial charge in [-0.15, -0.1) is 0 Å². The molecule has 0 N–H and O–H groups in total. The average Bonchev–Trinajstić information content (AvgIpc) is 2.62. The minimum absolute atomic E-state index is 0.0102. The third-order valence-corrected chi connectivity index (χ3v) is 6.12. The molecule has 1 aromatic heterocycles. The minimum atomic E-state index is -3.37. The maximum absolute atomic E-state index is 12.6. The van der Waals surface area contributed by atoms with Gasteiger partial charge in [-0.3, -0.25) is 9.78 Å². The summed E-state index contributed by atoms with van der Waals surface area (Å²) >= 11 is 0. The molecule has 0 radical (unpaired) electrons. The van der Waals surface area contributed by atoms with Crippen molar-refractivity contribution in [2.75, 3.05) is 26.2 Å². The first-order chi connectivity index (χ1) is 12.0. The largest absolute Gasteiger partial charge is 0.336 e. The fourth-order valence-corrected chi connectivity index (χ4v) is 4.34. The first kappa shape index (κ1) is 17.6. The Labute approximate surface area is 148 Å². The van der Waals surface area contributed by atoms with E-state index in [1.807, 2.05) is 37.3 Å². The molecule has 3 rings (SSSR count). The maximum atomic E-state index is 12.6. The molecule has 2 heterocycles. The first-order valence-corrected chi connectivity index (χ1v) is 9.80. The number of aromatic nitrogens is 1. The lowest BCUT2D eigenvalue weighted by Crippen LogP contribution is -2.50. The van der Waals surface area contributed by atoms with Crippen molar-refractivity contribution in [2.45, 2.75) is 12.7 Å². The van der Waals surface area contributed by atoms with Crippen LogP contribution in [-0.2, 0) is 15.8 Å². The van der Waals surface area contributed by atoms with Crippen molar-refractivity contribution in [1.29, 1.82) is 0 Å². The standard InChI is InChI=1S/C18H21N3O3S/c1-15-7-8-17(13-19-15)18(22)20-9-11-21(12-10-20)25(23,24)14-16-5-3-2-4-6-16/h2-8,13H,9-12,14H2,1H3. The zero-order valence-corrected chi connectivity index (χ0v) is 14.9. The molecule has 1 aromatic carbocycles. The van der Waals surface area contributed by atoms with E-state index in [2.05, 4.69) is 4.98 Å². The number of piperazine rings is 1. The third kappa shape index (κ3) is 4.24. The molecule has 0 unspecified atom stereocenters. The van der Waals surface area contributed by atoms with Crippen molar-refractivity contribution in [2.24, 2.45) is 0 Å². The number of benzene rings is 1. The Morgan fingerprint density at radius 1 is 1.04 bits per heavy atom. The van der Waals surface area contributed by atoms with E-state index >= 15 is 0 Å². The van der Waals surface area contributed by atoms with Crippen molar-refractivity contribution < 1.29 is 13.2 Å². The Bertz CT molecular complexity index is 828. The van der Waals surface area contributed by atoms with E-state index in [4.69, 9.17) is 0 Å². The number of rotatable bonds is 4. The number of nitrogens with zero attached hydrogens (tertiary/aromatic N) is 3. The highest BCUT2D eigenvalue weighted by Gasteiger charge is 2.29. The number of carbonyl (C=O) groups excluding carboxylic acids is 1. The Balaban J connectivity index is 1.61. The summed E-state index contributed by atoms with van der Waals surface area (Å²) in [4.78, 5) is 18.3. The molecule has 1 aliphatic heterocycles. The van der Waals surface area contributed by atoms with Crippen LogP contribution in [-0.4, -0.2) is 54.7 Å². The van der Waals surface area contributed by atoms with E-state index in [1.54, 1.807) is 23.2 Å². The van der Waals surface area contributed by atoms with Crippen molar-refractivity contribution in [3.05, 3.63) is 65.5 Å². The molecule has 7 heteroatoms. The van der Waals surface area contributed by atoms with Crippen LogP contribution in [0.4, 0.5) is 0 Å². The summed E-state index contributed by atoms with van der Waals surface area (Å²) in [5, 5.41) is 0. The smallest absolute Gasteiger partial charge is 0.255 e. The molecule has 0 aliphatic carbocycles. The second-order valence-electron chi connectivity index (χ2n) is 6.12. The summed E-state index contributed by atoms with van der Waals surface area (Å²) in [6, 6.07) is 12.7. The Hall–Kier alpha value is -2.25. The molecule has 132 valence electrons. The predicted molar refractivity (Wildman–Crippen MR) is 95.5 cm³/mol. The van der Waals surface area contributed by atoms with Gasteiger partial charge in [-0.05, 0) is 24.6 Å². The van der Waals surface area contributed by atoms with E-state index < -0.39 is 10.0 Å². The molecule has 6 nitrogen and oxygen atoms in total. The number of pyridine rings is 1. The van der Waals surface area contributed by atoms with Crippen LogP contribution in [0.25, 0.3) is 0 Å². The molecule has 0 atom stereocenters. The second-order valence-corrected chi connectivity index (χ2v) is 8.09. The van der Waals surface area contributed by atoms with Crippen LogP contribution >= 0.6 is 0 Å². The van der Waals surface area contributed by atoms with E-state index in [0.717, 1.165) is 11.3 Å². The molecule has 1 fully saturated rings. The van der Waals surface area contributed by atoms with Gasteiger partial charge in [-0.25, -0.2) is 8.42 Å². The highest BCUT2D eigenvalue weighted by Crippen LogP contribution is 2.15. The van der Waals surface area contributed by atoms with Crippen molar-refractivity contribution in [3.8, 4) is 0 Å². The Kier molecular flexibility index (Phi) is 5.15.